The number of carbonyl (C=O) groups excluding carboxylic acids is 3. The van der Waals surface area contributed by atoms with Gasteiger partial charge in [-0.1, -0.05) is 18.2 Å². The quantitative estimate of drug-likeness (QED) is 0.543. The molecule has 1 saturated heterocycles. The van der Waals surface area contributed by atoms with Crippen molar-refractivity contribution < 1.29 is 23.9 Å². The minimum Gasteiger partial charge on any atom is -0.454 e. The molecular weight excluding hydrogens is 406 g/mol. The minimum absolute atomic E-state index is 0.138. The number of thioether (sulfide) groups is 1. The van der Waals surface area contributed by atoms with E-state index in [1.807, 2.05) is 30.3 Å². The van der Waals surface area contributed by atoms with Gasteiger partial charge in [0.05, 0.1) is 5.56 Å². The van der Waals surface area contributed by atoms with E-state index >= 15 is 0 Å². The van der Waals surface area contributed by atoms with Crippen LogP contribution in [0, 0.1) is 0 Å². The molecule has 30 heavy (non-hydrogen) atoms. The van der Waals surface area contributed by atoms with Crippen LogP contribution in [0.15, 0.2) is 47.4 Å². The van der Waals surface area contributed by atoms with Crippen molar-refractivity contribution in [2.75, 3.05) is 19.6 Å². The van der Waals surface area contributed by atoms with Crippen molar-refractivity contribution in [2.45, 2.75) is 23.9 Å². The Morgan fingerprint density at radius 3 is 2.70 bits per heavy atom. The first-order valence-corrected chi connectivity index (χ1v) is 10.3. The van der Waals surface area contributed by atoms with Gasteiger partial charge in [0.15, 0.2) is 11.5 Å². The normalized spacial score (nSPS) is 19.4. The number of amides is 4. The SMILES string of the molecule is CN(Cc1ccc2c(c1)OCO2)C(=O)c1ccccc1SC[C@]1(C)NC(=O)NC1=O. The standard InChI is InChI=1S/C21H21N3O5S/c1-21(19(26)22-20(27)23-21)11-30-17-6-4-3-5-14(17)18(25)24(2)10-13-7-8-15-16(9-13)29-12-28-15/h3-9H,10-12H2,1-2H3,(H2,22,23,26,27)/t21-/m0/s1. The van der Waals surface area contributed by atoms with Crippen LogP contribution in [0.2, 0.25) is 0 Å². The van der Waals surface area contributed by atoms with Gasteiger partial charge >= 0.3 is 6.03 Å². The highest BCUT2D eigenvalue weighted by Crippen LogP contribution is 2.33. The van der Waals surface area contributed by atoms with E-state index in [9.17, 15) is 14.4 Å². The molecule has 0 bridgehead atoms. The van der Waals surface area contributed by atoms with Crippen LogP contribution in [0.4, 0.5) is 4.79 Å². The molecule has 2 N–H and O–H groups in total. The zero-order valence-corrected chi connectivity index (χ0v) is 17.4. The molecule has 1 fully saturated rings. The van der Waals surface area contributed by atoms with Crippen LogP contribution < -0.4 is 20.1 Å². The fraction of sp³-hybridized carbons (Fsp3) is 0.286. The lowest BCUT2D eigenvalue weighted by atomic mass is 10.1. The number of hydrogen-bond acceptors (Lipinski definition) is 6. The summed E-state index contributed by atoms with van der Waals surface area (Å²) in [5, 5.41) is 4.88. The summed E-state index contributed by atoms with van der Waals surface area (Å²) in [6, 6.07) is 12.3. The number of hydrogen-bond donors (Lipinski definition) is 2. The van der Waals surface area contributed by atoms with Gasteiger partial charge in [-0.15, -0.1) is 11.8 Å². The summed E-state index contributed by atoms with van der Waals surface area (Å²) in [5.41, 5.74) is 0.452. The number of rotatable bonds is 6. The van der Waals surface area contributed by atoms with Gasteiger partial charge in [-0.25, -0.2) is 4.79 Å². The summed E-state index contributed by atoms with van der Waals surface area (Å²) in [6.07, 6.45) is 0. The van der Waals surface area contributed by atoms with E-state index < -0.39 is 11.6 Å². The van der Waals surface area contributed by atoms with Crippen LogP contribution in [0.5, 0.6) is 11.5 Å². The first-order chi connectivity index (χ1) is 14.4. The predicted octanol–water partition coefficient (Wildman–Crippen LogP) is 2.38. The highest BCUT2D eigenvalue weighted by Gasteiger charge is 2.42. The lowest BCUT2D eigenvalue weighted by Gasteiger charge is -2.22. The zero-order valence-electron chi connectivity index (χ0n) is 16.6. The molecule has 0 radical (unpaired) electrons. The molecule has 0 aliphatic carbocycles. The number of imide groups is 1. The molecule has 2 aromatic rings. The van der Waals surface area contributed by atoms with Gasteiger partial charge in [0.1, 0.15) is 5.54 Å². The number of urea groups is 1. The fourth-order valence-electron chi connectivity index (χ4n) is 3.26. The number of nitrogens with zero attached hydrogens (tertiary/aromatic N) is 1. The van der Waals surface area contributed by atoms with Gasteiger partial charge in [-0.2, -0.15) is 0 Å². The molecular formula is C21H21N3O5S. The van der Waals surface area contributed by atoms with Gasteiger partial charge in [0.25, 0.3) is 11.8 Å². The van der Waals surface area contributed by atoms with Crippen molar-refractivity contribution in [1.82, 2.24) is 15.5 Å². The smallest absolute Gasteiger partial charge is 0.322 e. The molecule has 4 rings (SSSR count). The fourth-order valence-corrected chi connectivity index (χ4v) is 4.40. The molecule has 156 valence electrons. The molecule has 9 heteroatoms. The van der Waals surface area contributed by atoms with Crippen molar-refractivity contribution in [2.24, 2.45) is 0 Å². The van der Waals surface area contributed by atoms with Crippen LogP contribution in [-0.4, -0.2) is 47.9 Å². The summed E-state index contributed by atoms with van der Waals surface area (Å²) in [7, 11) is 1.74. The lowest BCUT2D eigenvalue weighted by Crippen LogP contribution is -2.46. The van der Waals surface area contributed by atoms with E-state index in [4.69, 9.17) is 9.47 Å². The second kappa shape index (κ2) is 7.91. The number of carbonyl (C=O) groups is 3. The number of benzene rings is 2. The van der Waals surface area contributed by atoms with E-state index in [0.717, 1.165) is 10.5 Å². The van der Waals surface area contributed by atoms with Crippen molar-refractivity contribution in [1.29, 1.82) is 0 Å². The molecule has 2 aliphatic rings. The summed E-state index contributed by atoms with van der Waals surface area (Å²) in [5.74, 6) is 1.17. The zero-order chi connectivity index (χ0) is 21.3. The van der Waals surface area contributed by atoms with E-state index in [1.165, 1.54) is 11.8 Å². The third kappa shape index (κ3) is 3.93. The van der Waals surface area contributed by atoms with Crippen molar-refractivity contribution >= 4 is 29.6 Å². The highest BCUT2D eigenvalue weighted by atomic mass is 32.2. The number of nitrogens with one attached hydrogen (secondary N) is 2. The Morgan fingerprint density at radius 1 is 1.17 bits per heavy atom. The van der Waals surface area contributed by atoms with Crippen LogP contribution in [-0.2, 0) is 11.3 Å². The Balaban J connectivity index is 1.46. The van der Waals surface area contributed by atoms with Gasteiger partial charge in [-0.05, 0) is 36.8 Å². The summed E-state index contributed by atoms with van der Waals surface area (Å²) < 4.78 is 10.7. The summed E-state index contributed by atoms with van der Waals surface area (Å²) >= 11 is 1.36. The Hall–Kier alpha value is -3.20. The average molecular weight is 427 g/mol. The molecule has 2 aliphatic heterocycles. The Bertz CT molecular complexity index is 1030. The highest BCUT2D eigenvalue weighted by molar-refractivity contribution is 7.99. The number of fused-ring (bicyclic) bond motifs is 1. The Kier molecular flexibility index (Phi) is 5.29. The minimum atomic E-state index is -1.02. The third-order valence-corrected chi connectivity index (χ3v) is 6.34. The first kappa shape index (κ1) is 20.1. The van der Waals surface area contributed by atoms with Gasteiger partial charge in [-0.3, -0.25) is 14.9 Å². The van der Waals surface area contributed by atoms with Gasteiger partial charge < -0.3 is 19.7 Å². The van der Waals surface area contributed by atoms with Crippen molar-refractivity contribution in [3.8, 4) is 11.5 Å². The van der Waals surface area contributed by atoms with Crippen LogP contribution >= 0.6 is 11.8 Å². The summed E-state index contributed by atoms with van der Waals surface area (Å²) in [4.78, 5) is 39.0. The van der Waals surface area contributed by atoms with E-state index in [1.54, 1.807) is 31.0 Å². The second-order valence-corrected chi connectivity index (χ2v) is 8.39. The van der Waals surface area contributed by atoms with Gasteiger partial charge in [0, 0.05) is 24.2 Å². The molecule has 0 aromatic heterocycles. The number of ether oxygens (including phenoxy) is 2. The second-order valence-electron chi connectivity index (χ2n) is 7.37. The molecule has 0 spiro atoms. The molecule has 2 aromatic carbocycles. The average Bonchev–Trinajstić information content (AvgIpc) is 3.29. The Morgan fingerprint density at radius 2 is 1.93 bits per heavy atom. The third-order valence-electron chi connectivity index (χ3n) is 4.95. The van der Waals surface area contributed by atoms with Crippen LogP contribution in [0.25, 0.3) is 0 Å². The van der Waals surface area contributed by atoms with Crippen molar-refractivity contribution in [3.63, 3.8) is 0 Å². The monoisotopic (exact) mass is 427 g/mol. The largest absolute Gasteiger partial charge is 0.454 e. The van der Waals surface area contributed by atoms with E-state index in [-0.39, 0.29) is 18.6 Å². The topological polar surface area (TPSA) is 97.0 Å². The first-order valence-electron chi connectivity index (χ1n) is 9.35. The molecule has 8 nitrogen and oxygen atoms in total. The van der Waals surface area contributed by atoms with Crippen LogP contribution in [0.1, 0.15) is 22.8 Å². The maximum Gasteiger partial charge on any atom is 0.322 e. The maximum atomic E-state index is 13.1. The predicted molar refractivity (Wildman–Crippen MR) is 111 cm³/mol. The van der Waals surface area contributed by atoms with Crippen LogP contribution in [0.3, 0.4) is 0 Å². The van der Waals surface area contributed by atoms with Gasteiger partial charge in [0.2, 0.25) is 6.79 Å². The van der Waals surface area contributed by atoms with E-state index in [2.05, 4.69) is 10.6 Å². The molecule has 1 atom stereocenters. The lowest BCUT2D eigenvalue weighted by molar-refractivity contribution is -0.122. The molecule has 0 saturated carbocycles. The maximum absolute atomic E-state index is 13.1. The van der Waals surface area contributed by atoms with E-state index in [0.29, 0.717) is 29.4 Å². The summed E-state index contributed by atoms with van der Waals surface area (Å²) in [6.45, 7) is 2.27. The Labute approximate surface area is 177 Å². The molecule has 4 amide bonds. The van der Waals surface area contributed by atoms with Crippen molar-refractivity contribution in [3.05, 3.63) is 53.6 Å². The molecule has 2 heterocycles. The molecule has 0 unspecified atom stereocenters.